The lowest BCUT2D eigenvalue weighted by Gasteiger charge is -2.12. The van der Waals surface area contributed by atoms with Gasteiger partial charge in [-0.2, -0.15) is 0 Å². The number of hydrogen-bond donors (Lipinski definition) is 0. The van der Waals surface area contributed by atoms with Crippen molar-refractivity contribution >= 4 is 35.0 Å². The first-order chi connectivity index (χ1) is 15.2. The monoisotopic (exact) mass is 471 g/mol. The number of nitrogens with zero attached hydrogens (tertiary/aromatic N) is 3. The van der Waals surface area contributed by atoms with E-state index >= 15 is 0 Å². The molecule has 0 fully saturated rings. The van der Waals surface area contributed by atoms with Gasteiger partial charge in [0.1, 0.15) is 11.5 Å². The van der Waals surface area contributed by atoms with E-state index in [9.17, 15) is 0 Å². The Morgan fingerprint density at radius 3 is 2.45 bits per heavy atom. The molecule has 3 aromatic carbocycles. The largest absolute Gasteiger partial charge is 0.496 e. The lowest BCUT2D eigenvalue weighted by atomic mass is 10.2. The predicted molar refractivity (Wildman–Crippen MR) is 126 cm³/mol. The lowest BCUT2D eigenvalue weighted by molar-refractivity contribution is 0.344. The highest BCUT2D eigenvalue weighted by atomic mass is 35.5. The Kier molecular flexibility index (Phi) is 7.02. The Bertz CT molecular complexity index is 1170. The predicted octanol–water partition coefficient (Wildman–Crippen LogP) is 6.42. The SMILES string of the molecule is COc1ccccc1-c1nnc(SCCOc2ccc(Cl)cc2Cl)n1-c1ccccc1. The minimum absolute atomic E-state index is 0.456. The highest BCUT2D eigenvalue weighted by molar-refractivity contribution is 7.99. The van der Waals surface area contributed by atoms with E-state index in [0.29, 0.717) is 34.0 Å². The fourth-order valence-corrected chi connectivity index (χ4v) is 4.29. The maximum absolute atomic E-state index is 6.18. The Morgan fingerprint density at radius 1 is 0.903 bits per heavy atom. The smallest absolute Gasteiger partial charge is 0.196 e. The zero-order chi connectivity index (χ0) is 21.6. The summed E-state index contributed by atoms with van der Waals surface area (Å²) in [6.45, 7) is 0.456. The zero-order valence-electron chi connectivity index (χ0n) is 16.7. The average Bonchev–Trinajstić information content (AvgIpc) is 3.22. The third-order valence-electron chi connectivity index (χ3n) is 4.46. The molecule has 158 valence electrons. The minimum atomic E-state index is 0.456. The summed E-state index contributed by atoms with van der Waals surface area (Å²) in [6.07, 6.45) is 0. The van der Waals surface area contributed by atoms with E-state index in [2.05, 4.69) is 10.2 Å². The van der Waals surface area contributed by atoms with Gasteiger partial charge in [-0.15, -0.1) is 10.2 Å². The van der Waals surface area contributed by atoms with Crippen LogP contribution in [0.2, 0.25) is 10.0 Å². The second-order valence-electron chi connectivity index (χ2n) is 6.45. The molecule has 1 heterocycles. The third-order valence-corrected chi connectivity index (χ3v) is 5.89. The third kappa shape index (κ3) is 4.98. The quantitative estimate of drug-likeness (QED) is 0.219. The van der Waals surface area contributed by atoms with Crippen LogP contribution >= 0.6 is 35.0 Å². The van der Waals surface area contributed by atoms with Gasteiger partial charge in [0.15, 0.2) is 11.0 Å². The van der Waals surface area contributed by atoms with Gasteiger partial charge in [-0.25, -0.2) is 0 Å². The second kappa shape index (κ2) is 10.1. The molecule has 0 unspecified atom stereocenters. The number of hydrogen-bond acceptors (Lipinski definition) is 5. The van der Waals surface area contributed by atoms with Crippen molar-refractivity contribution in [1.29, 1.82) is 0 Å². The molecule has 4 aromatic rings. The first kappa shape index (κ1) is 21.6. The molecule has 0 N–H and O–H groups in total. The van der Waals surface area contributed by atoms with Crippen molar-refractivity contribution < 1.29 is 9.47 Å². The summed E-state index contributed by atoms with van der Waals surface area (Å²) in [5.41, 5.74) is 1.84. The fraction of sp³-hybridized carbons (Fsp3) is 0.130. The van der Waals surface area contributed by atoms with E-state index in [4.69, 9.17) is 32.7 Å². The summed E-state index contributed by atoms with van der Waals surface area (Å²) < 4.78 is 13.4. The van der Waals surface area contributed by atoms with Crippen LogP contribution in [-0.2, 0) is 0 Å². The van der Waals surface area contributed by atoms with Crippen molar-refractivity contribution in [2.45, 2.75) is 5.16 Å². The van der Waals surface area contributed by atoms with Gasteiger partial charge in [-0.3, -0.25) is 4.57 Å². The van der Waals surface area contributed by atoms with Crippen molar-refractivity contribution in [2.75, 3.05) is 19.5 Å². The number of halogens is 2. The number of rotatable bonds is 8. The van der Waals surface area contributed by atoms with Gasteiger partial charge in [-0.1, -0.05) is 65.3 Å². The molecule has 1 aromatic heterocycles. The molecule has 31 heavy (non-hydrogen) atoms. The summed E-state index contributed by atoms with van der Waals surface area (Å²) in [5, 5.41) is 10.7. The average molecular weight is 472 g/mol. The first-order valence-corrected chi connectivity index (χ1v) is 11.3. The molecule has 0 aliphatic rings. The van der Waals surface area contributed by atoms with E-state index in [1.54, 1.807) is 37.1 Å². The van der Waals surface area contributed by atoms with Crippen LogP contribution in [0.15, 0.2) is 78.0 Å². The van der Waals surface area contributed by atoms with Crippen LogP contribution in [0.5, 0.6) is 11.5 Å². The Labute approximate surface area is 194 Å². The second-order valence-corrected chi connectivity index (χ2v) is 8.35. The summed E-state index contributed by atoms with van der Waals surface area (Å²) in [7, 11) is 1.65. The number of benzene rings is 3. The molecule has 0 amide bonds. The summed E-state index contributed by atoms with van der Waals surface area (Å²) in [4.78, 5) is 0. The molecule has 0 saturated heterocycles. The van der Waals surface area contributed by atoms with E-state index in [0.717, 1.165) is 22.2 Å². The number of para-hydroxylation sites is 2. The Balaban J connectivity index is 1.57. The van der Waals surface area contributed by atoms with Gasteiger partial charge in [0.2, 0.25) is 0 Å². The van der Waals surface area contributed by atoms with Crippen molar-refractivity contribution in [1.82, 2.24) is 14.8 Å². The fourth-order valence-electron chi connectivity index (χ4n) is 3.05. The van der Waals surface area contributed by atoms with E-state index in [1.807, 2.05) is 59.2 Å². The summed E-state index contributed by atoms with van der Waals surface area (Å²) >= 11 is 13.7. The van der Waals surface area contributed by atoms with Gasteiger partial charge in [0.25, 0.3) is 0 Å². The maximum atomic E-state index is 6.18. The van der Waals surface area contributed by atoms with Crippen molar-refractivity contribution in [3.63, 3.8) is 0 Å². The number of ether oxygens (including phenoxy) is 2. The molecule has 5 nitrogen and oxygen atoms in total. The molecule has 8 heteroatoms. The van der Waals surface area contributed by atoms with E-state index in [-0.39, 0.29) is 0 Å². The number of aromatic nitrogens is 3. The van der Waals surface area contributed by atoms with Crippen LogP contribution in [0.4, 0.5) is 0 Å². The molecule has 0 radical (unpaired) electrons. The van der Waals surface area contributed by atoms with Gasteiger partial charge in [-0.05, 0) is 42.5 Å². The van der Waals surface area contributed by atoms with E-state index < -0.39 is 0 Å². The van der Waals surface area contributed by atoms with Gasteiger partial charge >= 0.3 is 0 Å². The highest BCUT2D eigenvalue weighted by Crippen LogP contribution is 2.33. The lowest BCUT2D eigenvalue weighted by Crippen LogP contribution is -2.04. The molecular weight excluding hydrogens is 453 g/mol. The van der Waals surface area contributed by atoms with Crippen molar-refractivity contribution in [3.05, 3.63) is 82.8 Å². The minimum Gasteiger partial charge on any atom is -0.496 e. The van der Waals surface area contributed by atoms with Crippen LogP contribution in [0.1, 0.15) is 0 Å². The van der Waals surface area contributed by atoms with Crippen LogP contribution < -0.4 is 9.47 Å². The van der Waals surface area contributed by atoms with Crippen LogP contribution in [0.25, 0.3) is 17.1 Å². The zero-order valence-corrected chi connectivity index (χ0v) is 19.0. The number of thioether (sulfide) groups is 1. The molecule has 4 rings (SSSR count). The Morgan fingerprint density at radius 2 is 1.68 bits per heavy atom. The molecule has 0 aliphatic heterocycles. The van der Waals surface area contributed by atoms with Crippen molar-refractivity contribution in [3.8, 4) is 28.6 Å². The molecule has 0 spiro atoms. The standard InChI is InChI=1S/C23H19Cl2N3O2S/c1-29-20-10-6-5-9-18(20)22-26-27-23(28(22)17-7-3-2-4-8-17)31-14-13-30-21-12-11-16(24)15-19(21)25/h2-12,15H,13-14H2,1H3. The van der Waals surface area contributed by atoms with E-state index in [1.165, 1.54) is 0 Å². The van der Waals surface area contributed by atoms with Gasteiger partial charge < -0.3 is 9.47 Å². The van der Waals surface area contributed by atoms with Gasteiger partial charge in [0.05, 0.1) is 24.3 Å². The molecule has 0 saturated carbocycles. The summed E-state index contributed by atoms with van der Waals surface area (Å²) in [6, 6.07) is 23.0. The van der Waals surface area contributed by atoms with Gasteiger partial charge in [0, 0.05) is 16.5 Å². The summed E-state index contributed by atoms with van der Waals surface area (Å²) in [5.74, 6) is 2.72. The normalized spacial score (nSPS) is 10.8. The molecule has 0 bridgehead atoms. The van der Waals surface area contributed by atoms with Crippen LogP contribution in [0.3, 0.4) is 0 Å². The topological polar surface area (TPSA) is 49.2 Å². The van der Waals surface area contributed by atoms with Crippen LogP contribution in [-0.4, -0.2) is 34.2 Å². The Hall–Kier alpha value is -2.67. The van der Waals surface area contributed by atoms with Crippen molar-refractivity contribution in [2.24, 2.45) is 0 Å². The maximum Gasteiger partial charge on any atom is 0.196 e. The number of methoxy groups -OCH3 is 1. The van der Waals surface area contributed by atoms with Crippen LogP contribution in [0, 0.1) is 0 Å². The highest BCUT2D eigenvalue weighted by Gasteiger charge is 2.18. The molecule has 0 atom stereocenters. The first-order valence-electron chi connectivity index (χ1n) is 9.52. The molecular formula is C23H19Cl2N3O2S. The molecule has 0 aliphatic carbocycles.